The van der Waals surface area contributed by atoms with Crippen molar-refractivity contribution in [1.29, 1.82) is 0 Å². The van der Waals surface area contributed by atoms with Gasteiger partial charge in [-0.15, -0.1) is 0 Å². The maximum absolute atomic E-state index is 13.8. The number of hydrogen-bond donors (Lipinski definition) is 0. The minimum absolute atomic E-state index is 0.00922. The van der Waals surface area contributed by atoms with E-state index in [4.69, 9.17) is 19.2 Å². The molecule has 3 aliphatic rings. The van der Waals surface area contributed by atoms with Crippen molar-refractivity contribution in [2.45, 2.75) is 26.3 Å². The third-order valence-electron chi connectivity index (χ3n) is 7.50. The fraction of sp³-hybridized carbons (Fsp3) is 0.355. The Morgan fingerprint density at radius 1 is 0.976 bits per heavy atom. The summed E-state index contributed by atoms with van der Waals surface area (Å²) >= 11 is 1.41. The molecule has 2 aromatic rings. The van der Waals surface area contributed by atoms with Crippen LogP contribution in [0.2, 0.25) is 0 Å². The first kappa shape index (κ1) is 29.2. The quantitative estimate of drug-likeness (QED) is 0.425. The lowest BCUT2D eigenvalue weighted by Crippen LogP contribution is -2.50. The fourth-order valence-corrected chi connectivity index (χ4v) is 6.28. The number of hydrogen-bond acceptors (Lipinski definition) is 9. The van der Waals surface area contributed by atoms with E-state index in [0.29, 0.717) is 59.7 Å². The summed E-state index contributed by atoms with van der Waals surface area (Å²) in [5.41, 5.74) is 3.06. The number of nitrogens with zero attached hydrogens (tertiary/aromatic N) is 4. The number of methoxy groups -OCH3 is 2. The van der Waals surface area contributed by atoms with Crippen molar-refractivity contribution >= 4 is 40.4 Å². The first-order valence-corrected chi connectivity index (χ1v) is 14.7. The maximum Gasteiger partial charge on any atom is 0.338 e. The average molecular weight is 591 g/mol. The number of aliphatic imine (C=N–C) groups is 1. The van der Waals surface area contributed by atoms with Gasteiger partial charge in [0.2, 0.25) is 11.8 Å². The van der Waals surface area contributed by atoms with Crippen LogP contribution in [0.15, 0.2) is 70.2 Å². The number of esters is 1. The number of thioether (sulfide) groups is 1. The van der Waals surface area contributed by atoms with Gasteiger partial charge >= 0.3 is 5.97 Å². The number of benzene rings is 2. The van der Waals surface area contributed by atoms with Crippen LogP contribution in [0.25, 0.3) is 5.70 Å². The van der Waals surface area contributed by atoms with Crippen LogP contribution in [0.4, 0.5) is 0 Å². The van der Waals surface area contributed by atoms with Gasteiger partial charge in [0, 0.05) is 56.0 Å². The highest BCUT2D eigenvalue weighted by molar-refractivity contribution is 8.16. The summed E-state index contributed by atoms with van der Waals surface area (Å²) in [6, 6.07) is 14.3. The smallest absolute Gasteiger partial charge is 0.338 e. The van der Waals surface area contributed by atoms with Crippen LogP contribution in [0.1, 0.15) is 37.4 Å². The minimum Gasteiger partial charge on any atom is -0.497 e. The van der Waals surface area contributed by atoms with Gasteiger partial charge in [0.05, 0.1) is 44.6 Å². The molecule has 3 heterocycles. The first-order valence-electron chi connectivity index (χ1n) is 13.8. The molecule has 220 valence electrons. The number of fused-ring (bicyclic) bond motifs is 1. The van der Waals surface area contributed by atoms with Crippen LogP contribution in [-0.2, 0) is 19.1 Å². The Labute approximate surface area is 249 Å². The zero-order valence-corrected chi connectivity index (χ0v) is 25.0. The van der Waals surface area contributed by atoms with Crippen LogP contribution in [-0.4, -0.2) is 84.7 Å². The molecule has 1 saturated heterocycles. The van der Waals surface area contributed by atoms with Gasteiger partial charge in [-0.2, -0.15) is 0 Å². The van der Waals surface area contributed by atoms with Crippen LogP contribution in [0, 0.1) is 0 Å². The molecule has 10 nitrogen and oxygen atoms in total. The van der Waals surface area contributed by atoms with Gasteiger partial charge in [-0.25, -0.2) is 9.79 Å². The molecule has 11 heteroatoms. The standard InChI is InChI=1S/C31H34N4O6S/c1-5-41-30(38)27-28(21-9-7-6-8-10-21)32-31-35(29(27)24-12-11-23(39-3)18-25(24)40-4)22(19-42-31)17-26(37)34-15-13-33(14-16-34)20(2)36/h6-12,18-19,29H,5,13-17H2,1-4H3. The second-order valence-corrected chi connectivity index (χ2v) is 10.8. The minimum atomic E-state index is -0.684. The van der Waals surface area contributed by atoms with Gasteiger partial charge in [0.15, 0.2) is 5.17 Å². The van der Waals surface area contributed by atoms with Gasteiger partial charge in [0.25, 0.3) is 0 Å². The largest absolute Gasteiger partial charge is 0.497 e. The zero-order chi connectivity index (χ0) is 29.8. The fourth-order valence-electron chi connectivity index (χ4n) is 5.36. The highest BCUT2D eigenvalue weighted by Gasteiger charge is 2.44. The van der Waals surface area contributed by atoms with Gasteiger partial charge in [-0.05, 0) is 24.5 Å². The second kappa shape index (κ2) is 12.7. The Balaban J connectivity index is 1.58. The normalized spacial score (nSPS) is 18.3. The number of piperazine rings is 1. The molecule has 2 aromatic carbocycles. The van der Waals surface area contributed by atoms with E-state index in [9.17, 15) is 14.4 Å². The van der Waals surface area contributed by atoms with Crippen molar-refractivity contribution in [3.05, 3.63) is 76.3 Å². The summed E-state index contributed by atoms with van der Waals surface area (Å²) in [4.78, 5) is 49.5. The molecule has 3 aliphatic heterocycles. The Kier molecular flexibility index (Phi) is 8.86. The van der Waals surface area contributed by atoms with Crippen LogP contribution >= 0.6 is 11.8 Å². The van der Waals surface area contributed by atoms with Crippen molar-refractivity contribution in [1.82, 2.24) is 14.7 Å². The van der Waals surface area contributed by atoms with E-state index in [1.807, 2.05) is 52.8 Å². The molecule has 42 heavy (non-hydrogen) atoms. The Morgan fingerprint density at radius 3 is 2.33 bits per heavy atom. The Hall–Kier alpha value is -4.25. The van der Waals surface area contributed by atoms with Gasteiger partial charge < -0.3 is 28.9 Å². The number of rotatable bonds is 8. The summed E-state index contributed by atoms with van der Waals surface area (Å²) in [6.45, 7) is 5.46. The molecule has 0 saturated carbocycles. The van der Waals surface area contributed by atoms with Gasteiger partial charge in [-0.3, -0.25) is 9.59 Å². The summed E-state index contributed by atoms with van der Waals surface area (Å²) in [7, 11) is 3.15. The molecule has 0 aliphatic carbocycles. The molecule has 0 bridgehead atoms. The SMILES string of the molecule is CCOC(=O)C1=C(c2ccccc2)N=C2SC=C(CC(=O)N3CCN(C(C)=O)CC3)N2C1c1ccc(OC)cc1OC. The number of amidine groups is 1. The lowest BCUT2D eigenvalue weighted by molar-refractivity contribution is -0.139. The predicted molar refractivity (Wildman–Crippen MR) is 161 cm³/mol. The molecule has 0 radical (unpaired) electrons. The monoisotopic (exact) mass is 590 g/mol. The van der Waals surface area contributed by atoms with Crippen molar-refractivity contribution in [2.75, 3.05) is 47.0 Å². The van der Waals surface area contributed by atoms with Crippen molar-refractivity contribution in [3.8, 4) is 11.5 Å². The lowest BCUT2D eigenvalue weighted by Gasteiger charge is -2.38. The van der Waals surface area contributed by atoms with E-state index in [0.717, 1.165) is 11.3 Å². The second-order valence-electron chi connectivity index (χ2n) is 9.91. The molecular formula is C31H34N4O6S. The average Bonchev–Trinajstić information content (AvgIpc) is 3.42. The topological polar surface area (TPSA) is 101 Å². The predicted octanol–water partition coefficient (Wildman–Crippen LogP) is 4.06. The lowest BCUT2D eigenvalue weighted by atomic mass is 9.90. The molecule has 0 N–H and O–H groups in total. The van der Waals surface area contributed by atoms with Crippen molar-refractivity contribution < 1.29 is 28.6 Å². The van der Waals surface area contributed by atoms with Crippen molar-refractivity contribution in [2.24, 2.45) is 4.99 Å². The van der Waals surface area contributed by atoms with Crippen LogP contribution < -0.4 is 9.47 Å². The number of ether oxygens (including phenoxy) is 3. The number of carbonyl (C=O) groups excluding carboxylic acids is 3. The van der Waals surface area contributed by atoms with Gasteiger partial charge in [0.1, 0.15) is 11.5 Å². The molecule has 2 amide bonds. The van der Waals surface area contributed by atoms with E-state index in [2.05, 4.69) is 0 Å². The summed E-state index contributed by atoms with van der Waals surface area (Å²) in [6.07, 6.45) is 0.109. The highest BCUT2D eigenvalue weighted by atomic mass is 32.2. The molecular weight excluding hydrogens is 556 g/mol. The summed E-state index contributed by atoms with van der Waals surface area (Å²) in [5.74, 6) is 0.594. The van der Waals surface area contributed by atoms with Gasteiger partial charge in [-0.1, -0.05) is 42.1 Å². The Bertz CT molecular complexity index is 1460. The van der Waals surface area contributed by atoms with E-state index in [1.54, 1.807) is 43.9 Å². The van der Waals surface area contributed by atoms with E-state index >= 15 is 0 Å². The summed E-state index contributed by atoms with van der Waals surface area (Å²) in [5, 5.41) is 2.57. The summed E-state index contributed by atoms with van der Waals surface area (Å²) < 4.78 is 16.8. The highest BCUT2D eigenvalue weighted by Crippen LogP contribution is 2.49. The van der Waals surface area contributed by atoms with Crippen molar-refractivity contribution in [3.63, 3.8) is 0 Å². The van der Waals surface area contributed by atoms with E-state index in [-0.39, 0.29) is 24.8 Å². The Morgan fingerprint density at radius 2 is 1.69 bits per heavy atom. The first-order chi connectivity index (χ1) is 20.4. The molecule has 5 rings (SSSR count). The molecule has 1 atom stereocenters. The van der Waals surface area contributed by atoms with Crippen LogP contribution in [0.5, 0.6) is 11.5 Å². The third-order valence-corrected chi connectivity index (χ3v) is 8.39. The molecule has 0 aromatic heterocycles. The molecule has 1 fully saturated rings. The zero-order valence-electron chi connectivity index (χ0n) is 24.2. The maximum atomic E-state index is 13.8. The number of carbonyl (C=O) groups is 3. The van der Waals surface area contributed by atoms with Crippen LogP contribution in [0.3, 0.4) is 0 Å². The van der Waals surface area contributed by atoms with E-state index < -0.39 is 12.0 Å². The molecule has 0 spiro atoms. The third kappa shape index (κ3) is 5.74. The van der Waals surface area contributed by atoms with E-state index in [1.165, 1.54) is 11.8 Å². The number of amides is 2. The molecule has 1 unspecified atom stereocenters.